The van der Waals surface area contributed by atoms with Crippen LogP contribution in [-0.2, 0) is 22.7 Å². The number of hydrogen-bond acceptors (Lipinski definition) is 3. The molecule has 1 saturated heterocycles. The highest BCUT2D eigenvalue weighted by Crippen LogP contribution is 2.20. The Hall–Kier alpha value is -2.63. The minimum atomic E-state index is -0.259. The molecule has 0 aliphatic carbocycles. The number of carbonyl (C=O) groups excluding carboxylic acids is 2. The SMILES string of the molecule is Cc1ccc(CN2C[C@@H](C(=O)NCCn3ccnc3)CC2=O)cc1. The normalized spacial score (nSPS) is 17.3. The first-order chi connectivity index (χ1) is 11.6. The van der Waals surface area contributed by atoms with Crippen molar-refractivity contribution in [3.63, 3.8) is 0 Å². The van der Waals surface area contributed by atoms with Crippen LogP contribution in [0.4, 0.5) is 0 Å². The molecule has 1 atom stereocenters. The fourth-order valence-electron chi connectivity index (χ4n) is 2.89. The lowest BCUT2D eigenvalue weighted by Gasteiger charge is -2.17. The molecule has 1 aromatic carbocycles. The van der Waals surface area contributed by atoms with Crippen LogP contribution >= 0.6 is 0 Å². The van der Waals surface area contributed by atoms with Crippen molar-refractivity contribution in [2.24, 2.45) is 5.92 Å². The summed E-state index contributed by atoms with van der Waals surface area (Å²) >= 11 is 0. The molecule has 0 spiro atoms. The lowest BCUT2D eigenvalue weighted by atomic mass is 10.1. The van der Waals surface area contributed by atoms with Crippen LogP contribution in [0.1, 0.15) is 17.5 Å². The molecule has 6 heteroatoms. The zero-order valence-electron chi connectivity index (χ0n) is 13.8. The van der Waals surface area contributed by atoms with Crippen LogP contribution in [0, 0.1) is 12.8 Å². The van der Waals surface area contributed by atoms with E-state index in [0.717, 1.165) is 5.56 Å². The molecule has 2 amide bonds. The topological polar surface area (TPSA) is 67.2 Å². The Morgan fingerprint density at radius 2 is 2.12 bits per heavy atom. The van der Waals surface area contributed by atoms with E-state index in [1.54, 1.807) is 17.4 Å². The van der Waals surface area contributed by atoms with Crippen LogP contribution in [-0.4, -0.2) is 39.4 Å². The molecule has 0 saturated carbocycles. The van der Waals surface area contributed by atoms with Gasteiger partial charge in [-0.2, -0.15) is 0 Å². The molecule has 3 rings (SSSR count). The molecule has 0 radical (unpaired) electrons. The third-order valence-corrected chi connectivity index (χ3v) is 4.31. The second-order valence-corrected chi connectivity index (χ2v) is 6.25. The Morgan fingerprint density at radius 1 is 1.33 bits per heavy atom. The maximum Gasteiger partial charge on any atom is 0.225 e. The van der Waals surface area contributed by atoms with E-state index < -0.39 is 0 Å². The Balaban J connectivity index is 1.48. The first kappa shape index (κ1) is 16.2. The number of carbonyl (C=O) groups is 2. The highest BCUT2D eigenvalue weighted by Gasteiger charge is 2.33. The Kier molecular flexibility index (Phi) is 4.93. The van der Waals surface area contributed by atoms with E-state index in [1.807, 2.05) is 42.0 Å². The van der Waals surface area contributed by atoms with Gasteiger partial charge in [0.1, 0.15) is 0 Å². The molecule has 2 aromatic rings. The van der Waals surface area contributed by atoms with Crippen molar-refractivity contribution in [2.45, 2.75) is 26.4 Å². The number of imidazole rings is 1. The third-order valence-electron chi connectivity index (χ3n) is 4.31. The number of hydrogen-bond donors (Lipinski definition) is 1. The van der Waals surface area contributed by atoms with E-state index >= 15 is 0 Å². The van der Waals surface area contributed by atoms with Crippen molar-refractivity contribution in [3.8, 4) is 0 Å². The lowest BCUT2D eigenvalue weighted by Crippen LogP contribution is -2.34. The minimum Gasteiger partial charge on any atom is -0.354 e. The Bertz CT molecular complexity index is 694. The quantitative estimate of drug-likeness (QED) is 0.871. The molecule has 126 valence electrons. The fourth-order valence-corrected chi connectivity index (χ4v) is 2.89. The molecule has 1 N–H and O–H groups in total. The number of nitrogens with zero attached hydrogens (tertiary/aromatic N) is 3. The maximum atomic E-state index is 12.2. The number of amides is 2. The predicted octanol–water partition coefficient (Wildman–Crippen LogP) is 1.36. The van der Waals surface area contributed by atoms with E-state index in [1.165, 1.54) is 5.56 Å². The minimum absolute atomic E-state index is 0.0464. The van der Waals surface area contributed by atoms with Crippen molar-refractivity contribution >= 4 is 11.8 Å². The standard InChI is InChI=1S/C18H22N4O2/c1-14-2-4-15(5-3-14)11-22-12-16(10-17(22)23)18(24)20-7-9-21-8-6-19-13-21/h2-6,8,13,16H,7,9-12H2,1H3,(H,20,24)/t16-/m0/s1. The van der Waals surface area contributed by atoms with Crippen LogP contribution in [0.3, 0.4) is 0 Å². The largest absolute Gasteiger partial charge is 0.354 e. The van der Waals surface area contributed by atoms with Crippen molar-refractivity contribution in [2.75, 3.05) is 13.1 Å². The van der Waals surface area contributed by atoms with Gasteiger partial charge in [0.15, 0.2) is 0 Å². The molecular weight excluding hydrogens is 304 g/mol. The second kappa shape index (κ2) is 7.29. The summed E-state index contributed by atoms with van der Waals surface area (Å²) in [6.07, 6.45) is 5.58. The second-order valence-electron chi connectivity index (χ2n) is 6.25. The van der Waals surface area contributed by atoms with Gasteiger partial charge < -0.3 is 14.8 Å². The molecule has 6 nitrogen and oxygen atoms in total. The maximum absolute atomic E-state index is 12.2. The number of likely N-dealkylation sites (tertiary alicyclic amines) is 1. The van der Waals surface area contributed by atoms with Crippen LogP contribution in [0.5, 0.6) is 0 Å². The number of benzene rings is 1. The summed E-state index contributed by atoms with van der Waals surface area (Å²) in [5, 5.41) is 2.91. The van der Waals surface area contributed by atoms with Gasteiger partial charge in [-0.05, 0) is 12.5 Å². The zero-order chi connectivity index (χ0) is 16.9. The van der Waals surface area contributed by atoms with Gasteiger partial charge in [-0.3, -0.25) is 9.59 Å². The van der Waals surface area contributed by atoms with Crippen molar-refractivity contribution in [1.82, 2.24) is 19.8 Å². The monoisotopic (exact) mass is 326 g/mol. The van der Waals surface area contributed by atoms with Crippen molar-refractivity contribution in [1.29, 1.82) is 0 Å². The molecule has 1 aromatic heterocycles. The van der Waals surface area contributed by atoms with Crippen molar-refractivity contribution < 1.29 is 9.59 Å². The van der Waals surface area contributed by atoms with Crippen LogP contribution in [0.15, 0.2) is 43.0 Å². The average molecular weight is 326 g/mol. The van der Waals surface area contributed by atoms with E-state index in [2.05, 4.69) is 10.3 Å². The summed E-state index contributed by atoms with van der Waals surface area (Å²) in [6.45, 7) is 4.31. The molecule has 1 fully saturated rings. The van der Waals surface area contributed by atoms with E-state index in [-0.39, 0.29) is 17.7 Å². The van der Waals surface area contributed by atoms with Gasteiger partial charge in [-0.1, -0.05) is 29.8 Å². The highest BCUT2D eigenvalue weighted by molar-refractivity contribution is 5.89. The van der Waals surface area contributed by atoms with Crippen molar-refractivity contribution in [3.05, 3.63) is 54.1 Å². The number of aryl methyl sites for hydroxylation is 1. The number of aromatic nitrogens is 2. The average Bonchev–Trinajstić information content (AvgIpc) is 3.20. The molecule has 1 aliphatic heterocycles. The predicted molar refractivity (Wildman–Crippen MR) is 89.9 cm³/mol. The van der Waals surface area contributed by atoms with Gasteiger partial charge in [0.05, 0.1) is 12.2 Å². The van der Waals surface area contributed by atoms with Gasteiger partial charge in [0.2, 0.25) is 11.8 Å². The van der Waals surface area contributed by atoms with Crippen LogP contribution < -0.4 is 5.32 Å². The molecule has 0 unspecified atom stereocenters. The Morgan fingerprint density at radius 3 is 2.83 bits per heavy atom. The van der Waals surface area contributed by atoms with Gasteiger partial charge >= 0.3 is 0 Å². The van der Waals surface area contributed by atoms with Gasteiger partial charge in [0.25, 0.3) is 0 Å². The summed E-state index contributed by atoms with van der Waals surface area (Å²) in [4.78, 5) is 30.1. The Labute approximate surface area is 141 Å². The molecule has 0 bridgehead atoms. The van der Waals surface area contributed by atoms with Crippen LogP contribution in [0.2, 0.25) is 0 Å². The molecule has 2 heterocycles. The van der Waals surface area contributed by atoms with Gasteiger partial charge in [-0.15, -0.1) is 0 Å². The molecule has 1 aliphatic rings. The summed E-state index contributed by atoms with van der Waals surface area (Å²) in [6, 6.07) is 8.13. The number of nitrogens with one attached hydrogen (secondary N) is 1. The first-order valence-electron chi connectivity index (χ1n) is 8.18. The van der Waals surface area contributed by atoms with E-state index in [9.17, 15) is 9.59 Å². The summed E-state index contributed by atoms with van der Waals surface area (Å²) in [5.74, 6) is -0.258. The van der Waals surface area contributed by atoms with E-state index in [4.69, 9.17) is 0 Å². The van der Waals surface area contributed by atoms with Crippen LogP contribution in [0.25, 0.3) is 0 Å². The van der Waals surface area contributed by atoms with Gasteiger partial charge in [-0.25, -0.2) is 4.98 Å². The lowest BCUT2D eigenvalue weighted by molar-refractivity contribution is -0.129. The molecule has 24 heavy (non-hydrogen) atoms. The zero-order valence-corrected chi connectivity index (χ0v) is 13.8. The summed E-state index contributed by atoms with van der Waals surface area (Å²) in [7, 11) is 0. The highest BCUT2D eigenvalue weighted by atomic mass is 16.2. The fraction of sp³-hybridized carbons (Fsp3) is 0.389. The molecular formula is C18H22N4O2. The van der Waals surface area contributed by atoms with Gasteiger partial charge in [0, 0.05) is 45.0 Å². The summed E-state index contributed by atoms with van der Waals surface area (Å²) < 4.78 is 1.91. The number of rotatable bonds is 6. The van der Waals surface area contributed by atoms with E-state index in [0.29, 0.717) is 32.6 Å². The first-order valence-corrected chi connectivity index (χ1v) is 8.18. The third kappa shape index (κ3) is 4.01. The summed E-state index contributed by atoms with van der Waals surface area (Å²) in [5.41, 5.74) is 2.29. The smallest absolute Gasteiger partial charge is 0.225 e.